The Hall–Kier alpha value is -2.90. The summed E-state index contributed by atoms with van der Waals surface area (Å²) in [6.45, 7) is 1.85. The van der Waals surface area contributed by atoms with Crippen molar-refractivity contribution in [2.45, 2.75) is 13.5 Å². The van der Waals surface area contributed by atoms with E-state index in [0.717, 1.165) is 7.11 Å². The van der Waals surface area contributed by atoms with Crippen LogP contribution in [0.25, 0.3) is 0 Å². The predicted molar refractivity (Wildman–Crippen MR) is 79.5 cm³/mol. The van der Waals surface area contributed by atoms with E-state index in [4.69, 9.17) is 4.84 Å². The number of nitrogens with one attached hydrogen (secondary N) is 1. The molecule has 118 valence electrons. The molecule has 0 spiro atoms. The Morgan fingerprint density at radius 2 is 2.00 bits per heavy atom. The second-order valence-corrected chi connectivity index (χ2v) is 3.86. The molecule has 1 rings (SSSR count). The lowest BCUT2D eigenvalue weighted by Gasteiger charge is -2.10. The molecule has 0 radical (unpaired) electrons. The maximum Gasteiger partial charge on any atom is 0.413 e. The van der Waals surface area contributed by atoms with Gasteiger partial charge in [-0.3, -0.25) is 10.1 Å². The van der Waals surface area contributed by atoms with Gasteiger partial charge in [-0.05, 0) is 6.92 Å². The lowest BCUT2D eigenvalue weighted by Crippen LogP contribution is -2.37. The van der Waals surface area contributed by atoms with Gasteiger partial charge < -0.3 is 14.4 Å². The van der Waals surface area contributed by atoms with Crippen molar-refractivity contribution in [2.75, 3.05) is 14.2 Å². The third-order valence-corrected chi connectivity index (χ3v) is 2.47. The molecule has 0 aliphatic carbocycles. The Balaban J connectivity index is 3.08. The fraction of sp³-hybridized carbons (Fsp3) is 0.286. The molecule has 8 heteroatoms. The Bertz CT molecular complexity index is 584. The first-order valence-corrected chi connectivity index (χ1v) is 6.32. The van der Waals surface area contributed by atoms with E-state index in [9.17, 15) is 9.59 Å². The van der Waals surface area contributed by atoms with Gasteiger partial charge in [-0.25, -0.2) is 4.79 Å². The molecule has 1 N–H and O–H groups in total. The molecule has 0 saturated heterocycles. The molecule has 1 aromatic carbocycles. The van der Waals surface area contributed by atoms with Crippen LogP contribution in [0.4, 0.5) is 4.79 Å². The topological polar surface area (TPSA) is 98.6 Å². The first kappa shape index (κ1) is 17.2. The number of oxime groups is 2. The van der Waals surface area contributed by atoms with Crippen LogP contribution in [-0.4, -0.2) is 38.1 Å². The number of methoxy groups -OCH3 is 1. The summed E-state index contributed by atoms with van der Waals surface area (Å²) in [4.78, 5) is 33.0. The standard InChI is InChI=1S/C14H17N3O5/c1-4-15-22-9-10-7-5-6-8-11(10)12(17-21-3)13(18)16-14(19)20-2/h4-8H,9H2,1-3H3,(H,16,18,19)/b15-4-,17-12+. The largest absolute Gasteiger partial charge is 0.453 e. The molecular formula is C14H17N3O5. The minimum atomic E-state index is -0.891. The van der Waals surface area contributed by atoms with E-state index in [1.165, 1.54) is 13.3 Å². The first-order chi connectivity index (χ1) is 10.6. The van der Waals surface area contributed by atoms with E-state index in [1.54, 1.807) is 31.2 Å². The summed E-state index contributed by atoms with van der Waals surface area (Å²) in [7, 11) is 2.45. The summed E-state index contributed by atoms with van der Waals surface area (Å²) in [5.74, 6) is -0.750. The third-order valence-electron chi connectivity index (χ3n) is 2.47. The smallest absolute Gasteiger partial charge is 0.413 e. The van der Waals surface area contributed by atoms with Gasteiger partial charge in [0.1, 0.15) is 13.7 Å². The molecule has 0 aliphatic heterocycles. The molecule has 0 fully saturated rings. The lowest BCUT2D eigenvalue weighted by molar-refractivity contribution is -0.114. The maximum absolute atomic E-state index is 12.1. The van der Waals surface area contributed by atoms with Crippen LogP contribution in [0.3, 0.4) is 0 Å². The monoisotopic (exact) mass is 307 g/mol. The highest BCUT2D eigenvalue weighted by molar-refractivity contribution is 6.47. The quantitative estimate of drug-likeness (QED) is 0.633. The number of nitrogens with zero attached hydrogens (tertiary/aromatic N) is 2. The van der Waals surface area contributed by atoms with Gasteiger partial charge in [0.25, 0.3) is 5.91 Å². The zero-order chi connectivity index (χ0) is 16.4. The second-order valence-electron chi connectivity index (χ2n) is 3.86. The SMILES string of the molecule is C/C=N\OCc1ccccc1/C(=N\OC)C(=O)NC(=O)OC. The highest BCUT2D eigenvalue weighted by Crippen LogP contribution is 2.12. The molecule has 0 heterocycles. The van der Waals surface area contributed by atoms with E-state index < -0.39 is 12.0 Å². The zero-order valence-corrected chi connectivity index (χ0v) is 12.5. The normalized spacial score (nSPS) is 11.1. The van der Waals surface area contributed by atoms with Gasteiger partial charge in [-0.15, -0.1) is 0 Å². The Morgan fingerprint density at radius 3 is 2.64 bits per heavy atom. The molecule has 2 amide bonds. The van der Waals surface area contributed by atoms with Gasteiger partial charge in [-0.2, -0.15) is 0 Å². The minimum Gasteiger partial charge on any atom is -0.453 e. The third kappa shape index (κ3) is 4.89. The molecule has 0 unspecified atom stereocenters. The fourth-order valence-corrected chi connectivity index (χ4v) is 1.57. The highest BCUT2D eigenvalue weighted by Gasteiger charge is 2.20. The maximum atomic E-state index is 12.1. The number of imide groups is 1. The summed E-state index contributed by atoms with van der Waals surface area (Å²) >= 11 is 0. The van der Waals surface area contributed by atoms with Gasteiger partial charge in [0.05, 0.1) is 7.11 Å². The summed E-state index contributed by atoms with van der Waals surface area (Å²) in [6.07, 6.45) is 0.606. The molecular weight excluding hydrogens is 290 g/mol. The molecule has 1 aromatic rings. The average molecular weight is 307 g/mol. The van der Waals surface area contributed by atoms with Crippen molar-refractivity contribution in [2.24, 2.45) is 10.3 Å². The van der Waals surface area contributed by atoms with Crippen molar-refractivity contribution in [1.29, 1.82) is 0 Å². The van der Waals surface area contributed by atoms with E-state index in [-0.39, 0.29) is 12.3 Å². The highest BCUT2D eigenvalue weighted by atomic mass is 16.6. The van der Waals surface area contributed by atoms with E-state index >= 15 is 0 Å². The molecule has 0 bridgehead atoms. The second kappa shape index (κ2) is 9.11. The van der Waals surface area contributed by atoms with Crippen molar-refractivity contribution in [3.63, 3.8) is 0 Å². The zero-order valence-electron chi connectivity index (χ0n) is 12.5. The van der Waals surface area contributed by atoms with Crippen molar-refractivity contribution >= 4 is 23.9 Å². The molecule has 22 heavy (non-hydrogen) atoms. The first-order valence-electron chi connectivity index (χ1n) is 6.32. The number of hydrogen-bond donors (Lipinski definition) is 1. The number of carbonyl (C=O) groups excluding carboxylic acids is 2. The van der Waals surface area contributed by atoms with Crippen molar-refractivity contribution in [3.8, 4) is 0 Å². The Labute approximate surface area is 127 Å². The number of alkyl carbamates (subject to hydrolysis) is 1. The molecule has 0 saturated carbocycles. The predicted octanol–water partition coefficient (Wildman–Crippen LogP) is 1.44. The van der Waals surface area contributed by atoms with Crippen LogP contribution in [0.1, 0.15) is 18.1 Å². The van der Waals surface area contributed by atoms with Crippen LogP contribution in [0.15, 0.2) is 34.6 Å². The Kier molecular flexibility index (Phi) is 7.10. The van der Waals surface area contributed by atoms with Gasteiger partial charge >= 0.3 is 6.09 Å². The van der Waals surface area contributed by atoms with Crippen LogP contribution in [-0.2, 0) is 25.8 Å². The van der Waals surface area contributed by atoms with E-state index in [2.05, 4.69) is 19.9 Å². The molecule has 0 atom stereocenters. The number of benzene rings is 1. The van der Waals surface area contributed by atoms with Crippen LogP contribution in [0, 0.1) is 0 Å². The summed E-state index contributed by atoms with van der Waals surface area (Å²) in [6, 6.07) is 6.90. The van der Waals surface area contributed by atoms with E-state index in [1.807, 2.05) is 5.32 Å². The van der Waals surface area contributed by atoms with Gasteiger partial charge in [0, 0.05) is 17.3 Å². The van der Waals surface area contributed by atoms with Gasteiger partial charge in [0.2, 0.25) is 0 Å². The van der Waals surface area contributed by atoms with Crippen molar-refractivity contribution in [1.82, 2.24) is 5.32 Å². The van der Waals surface area contributed by atoms with Crippen LogP contribution >= 0.6 is 0 Å². The lowest BCUT2D eigenvalue weighted by atomic mass is 10.0. The number of carbonyl (C=O) groups is 2. The van der Waals surface area contributed by atoms with Crippen molar-refractivity contribution in [3.05, 3.63) is 35.4 Å². The molecule has 0 aliphatic rings. The number of rotatable bonds is 6. The van der Waals surface area contributed by atoms with Crippen LogP contribution < -0.4 is 5.32 Å². The van der Waals surface area contributed by atoms with Crippen LogP contribution in [0.2, 0.25) is 0 Å². The van der Waals surface area contributed by atoms with Gasteiger partial charge in [-0.1, -0.05) is 34.6 Å². The Morgan fingerprint density at radius 1 is 1.27 bits per heavy atom. The van der Waals surface area contributed by atoms with Gasteiger partial charge in [0.15, 0.2) is 5.71 Å². The summed E-state index contributed by atoms with van der Waals surface area (Å²) in [5.41, 5.74) is 1.04. The minimum absolute atomic E-state index is 0.0763. The van der Waals surface area contributed by atoms with E-state index in [0.29, 0.717) is 11.1 Å². The molecule has 0 aromatic heterocycles. The van der Waals surface area contributed by atoms with Crippen LogP contribution in [0.5, 0.6) is 0 Å². The number of ether oxygens (including phenoxy) is 1. The average Bonchev–Trinajstić information content (AvgIpc) is 2.53. The number of hydrogen-bond acceptors (Lipinski definition) is 7. The summed E-state index contributed by atoms with van der Waals surface area (Å²) in [5, 5.41) is 9.35. The number of amides is 2. The summed E-state index contributed by atoms with van der Waals surface area (Å²) < 4.78 is 4.38. The molecule has 8 nitrogen and oxygen atoms in total. The van der Waals surface area contributed by atoms with Crippen molar-refractivity contribution < 1.29 is 24.0 Å². The fourth-order valence-electron chi connectivity index (χ4n) is 1.57.